The maximum absolute atomic E-state index is 9.17. The zero-order valence-corrected chi connectivity index (χ0v) is 12.2. The Balaban J connectivity index is 1.63. The predicted molar refractivity (Wildman–Crippen MR) is 86.2 cm³/mol. The Morgan fingerprint density at radius 2 is 1.90 bits per heavy atom. The molecule has 0 saturated heterocycles. The molecule has 3 N–H and O–H groups in total. The van der Waals surface area contributed by atoms with Crippen LogP contribution in [0.1, 0.15) is 28.7 Å². The van der Waals surface area contributed by atoms with E-state index in [-0.39, 0.29) is 6.61 Å². The maximum atomic E-state index is 9.17. The summed E-state index contributed by atoms with van der Waals surface area (Å²) in [5.41, 5.74) is 6.26. The summed E-state index contributed by atoms with van der Waals surface area (Å²) in [5, 5.41) is 16.2. The number of hydrogen-bond acceptors (Lipinski definition) is 3. The third-order valence-corrected chi connectivity index (χ3v) is 3.98. The molecule has 2 aromatic rings. The number of nitrogens with one attached hydrogen (secondary N) is 2. The summed E-state index contributed by atoms with van der Waals surface area (Å²) >= 11 is 0. The minimum absolute atomic E-state index is 0.101. The average Bonchev–Trinajstić information content (AvgIpc) is 2.55. The van der Waals surface area contributed by atoms with Crippen LogP contribution in [0.15, 0.2) is 42.5 Å². The third kappa shape index (κ3) is 3.43. The van der Waals surface area contributed by atoms with Gasteiger partial charge in [-0.2, -0.15) is 0 Å². The second-order valence-corrected chi connectivity index (χ2v) is 5.56. The molecule has 0 aromatic heterocycles. The topological polar surface area (TPSA) is 44.3 Å². The number of aliphatic hydroxyl groups is 1. The summed E-state index contributed by atoms with van der Waals surface area (Å²) in [6.07, 6.45) is 2.40. The number of aryl methyl sites for hydroxylation is 1. The number of para-hydroxylation sites is 1. The standard InChI is InChI=1S/C18H22N2O/c21-13-15-5-1-4-14(10-15)11-19-12-17-7-2-6-16-8-3-9-20-18(16)17/h1-2,4-7,10,19-21H,3,8-9,11-13H2. The van der Waals surface area contributed by atoms with Crippen LogP contribution in [0.2, 0.25) is 0 Å². The van der Waals surface area contributed by atoms with Gasteiger partial charge < -0.3 is 15.7 Å². The Hall–Kier alpha value is -1.84. The quantitative estimate of drug-likeness (QED) is 0.790. The van der Waals surface area contributed by atoms with E-state index in [1.807, 2.05) is 18.2 Å². The first-order valence-corrected chi connectivity index (χ1v) is 7.61. The number of rotatable bonds is 5. The lowest BCUT2D eigenvalue weighted by molar-refractivity contribution is 0.281. The van der Waals surface area contributed by atoms with Crippen LogP contribution >= 0.6 is 0 Å². The SMILES string of the molecule is OCc1cccc(CNCc2cccc3c2NCCC3)c1. The van der Waals surface area contributed by atoms with Crippen molar-refractivity contribution in [3.05, 3.63) is 64.7 Å². The van der Waals surface area contributed by atoms with Gasteiger partial charge in [0.2, 0.25) is 0 Å². The molecule has 21 heavy (non-hydrogen) atoms. The highest BCUT2D eigenvalue weighted by atomic mass is 16.3. The first kappa shape index (κ1) is 14.1. The van der Waals surface area contributed by atoms with Gasteiger partial charge in [-0.1, -0.05) is 42.5 Å². The maximum Gasteiger partial charge on any atom is 0.0681 e. The lowest BCUT2D eigenvalue weighted by atomic mass is 9.99. The van der Waals surface area contributed by atoms with Crippen molar-refractivity contribution in [3.8, 4) is 0 Å². The molecule has 0 saturated carbocycles. The molecule has 0 aliphatic carbocycles. The molecule has 0 unspecified atom stereocenters. The van der Waals surface area contributed by atoms with Gasteiger partial charge in [0.05, 0.1) is 6.61 Å². The van der Waals surface area contributed by atoms with Crippen LogP contribution in [-0.2, 0) is 26.1 Å². The fourth-order valence-corrected chi connectivity index (χ4v) is 2.91. The highest BCUT2D eigenvalue weighted by molar-refractivity contribution is 5.59. The molecule has 0 fully saturated rings. The van der Waals surface area contributed by atoms with Crippen molar-refractivity contribution in [1.82, 2.24) is 5.32 Å². The first-order valence-electron chi connectivity index (χ1n) is 7.61. The Bertz CT molecular complexity index is 610. The van der Waals surface area contributed by atoms with E-state index in [1.54, 1.807) is 0 Å². The monoisotopic (exact) mass is 282 g/mol. The number of aliphatic hydroxyl groups excluding tert-OH is 1. The molecule has 0 radical (unpaired) electrons. The van der Waals surface area contributed by atoms with Crippen LogP contribution in [0.4, 0.5) is 5.69 Å². The molecule has 0 atom stereocenters. The van der Waals surface area contributed by atoms with Crippen molar-refractivity contribution in [1.29, 1.82) is 0 Å². The van der Waals surface area contributed by atoms with Crippen molar-refractivity contribution in [2.75, 3.05) is 11.9 Å². The van der Waals surface area contributed by atoms with Gasteiger partial charge in [-0.05, 0) is 35.1 Å². The third-order valence-electron chi connectivity index (χ3n) is 3.98. The van der Waals surface area contributed by atoms with Crippen molar-refractivity contribution in [2.24, 2.45) is 0 Å². The van der Waals surface area contributed by atoms with Gasteiger partial charge in [-0.3, -0.25) is 0 Å². The normalized spacial score (nSPS) is 13.6. The summed E-state index contributed by atoms with van der Waals surface area (Å²) in [6.45, 7) is 2.85. The van der Waals surface area contributed by atoms with E-state index in [9.17, 15) is 0 Å². The zero-order chi connectivity index (χ0) is 14.5. The van der Waals surface area contributed by atoms with E-state index >= 15 is 0 Å². The molecule has 3 heteroatoms. The summed E-state index contributed by atoms with van der Waals surface area (Å²) in [4.78, 5) is 0. The first-order chi connectivity index (χ1) is 10.4. The van der Waals surface area contributed by atoms with Gasteiger partial charge in [0.15, 0.2) is 0 Å². The van der Waals surface area contributed by atoms with Crippen molar-refractivity contribution in [3.63, 3.8) is 0 Å². The van der Waals surface area contributed by atoms with E-state index in [0.29, 0.717) is 0 Å². The largest absolute Gasteiger partial charge is 0.392 e. The Morgan fingerprint density at radius 1 is 1.05 bits per heavy atom. The number of anilines is 1. The van der Waals surface area contributed by atoms with Crippen LogP contribution in [-0.4, -0.2) is 11.7 Å². The van der Waals surface area contributed by atoms with Crippen molar-refractivity contribution < 1.29 is 5.11 Å². The molecule has 0 amide bonds. The molecule has 1 aliphatic rings. The molecular formula is C18H22N2O. The number of hydrogen-bond donors (Lipinski definition) is 3. The van der Waals surface area contributed by atoms with Crippen molar-refractivity contribution >= 4 is 5.69 Å². The second-order valence-electron chi connectivity index (χ2n) is 5.56. The van der Waals surface area contributed by atoms with Gasteiger partial charge in [0, 0.05) is 25.3 Å². The van der Waals surface area contributed by atoms with Crippen LogP contribution in [0, 0.1) is 0 Å². The molecular weight excluding hydrogens is 260 g/mol. The summed E-state index contributed by atoms with van der Waals surface area (Å²) in [5.74, 6) is 0. The van der Waals surface area contributed by atoms with E-state index in [0.717, 1.165) is 25.2 Å². The molecule has 1 aliphatic heterocycles. The van der Waals surface area contributed by atoms with E-state index in [2.05, 4.69) is 34.9 Å². The number of benzene rings is 2. The molecule has 0 bridgehead atoms. The van der Waals surface area contributed by atoms with Gasteiger partial charge in [0.1, 0.15) is 0 Å². The van der Waals surface area contributed by atoms with Gasteiger partial charge in [-0.15, -0.1) is 0 Å². The molecule has 3 nitrogen and oxygen atoms in total. The summed E-state index contributed by atoms with van der Waals surface area (Å²) in [7, 11) is 0. The van der Waals surface area contributed by atoms with E-state index in [1.165, 1.54) is 35.2 Å². The van der Waals surface area contributed by atoms with Gasteiger partial charge in [-0.25, -0.2) is 0 Å². The minimum Gasteiger partial charge on any atom is -0.392 e. The molecule has 2 aromatic carbocycles. The Kier molecular flexibility index (Phi) is 4.53. The van der Waals surface area contributed by atoms with Crippen LogP contribution < -0.4 is 10.6 Å². The van der Waals surface area contributed by atoms with Crippen LogP contribution in [0.5, 0.6) is 0 Å². The molecule has 3 rings (SSSR count). The summed E-state index contributed by atoms with van der Waals surface area (Å²) in [6, 6.07) is 14.6. The molecule has 0 spiro atoms. The Labute approximate surface area is 126 Å². The second kappa shape index (κ2) is 6.74. The smallest absolute Gasteiger partial charge is 0.0681 e. The van der Waals surface area contributed by atoms with E-state index < -0.39 is 0 Å². The lowest BCUT2D eigenvalue weighted by Crippen LogP contribution is -2.18. The van der Waals surface area contributed by atoms with Crippen LogP contribution in [0.3, 0.4) is 0 Å². The lowest BCUT2D eigenvalue weighted by Gasteiger charge is -2.21. The fourth-order valence-electron chi connectivity index (χ4n) is 2.91. The highest BCUT2D eigenvalue weighted by Crippen LogP contribution is 2.25. The Morgan fingerprint density at radius 3 is 2.81 bits per heavy atom. The fraction of sp³-hybridized carbons (Fsp3) is 0.333. The summed E-state index contributed by atoms with van der Waals surface area (Å²) < 4.78 is 0. The average molecular weight is 282 g/mol. The van der Waals surface area contributed by atoms with Crippen molar-refractivity contribution in [2.45, 2.75) is 32.5 Å². The zero-order valence-electron chi connectivity index (χ0n) is 12.2. The van der Waals surface area contributed by atoms with Gasteiger partial charge >= 0.3 is 0 Å². The predicted octanol–water partition coefficient (Wildman–Crippen LogP) is 2.83. The highest BCUT2D eigenvalue weighted by Gasteiger charge is 2.11. The molecule has 1 heterocycles. The van der Waals surface area contributed by atoms with E-state index in [4.69, 9.17) is 5.11 Å². The number of fused-ring (bicyclic) bond motifs is 1. The van der Waals surface area contributed by atoms with Gasteiger partial charge in [0.25, 0.3) is 0 Å². The minimum atomic E-state index is 0.101. The molecule has 110 valence electrons. The van der Waals surface area contributed by atoms with Crippen LogP contribution in [0.25, 0.3) is 0 Å².